The minimum atomic E-state index is -0.267. The SMILES string of the molecule is CN=C(NCCCSc1ccccc1)NC1CCN(c2ncccc2F)C1. The molecule has 1 aromatic heterocycles. The first kappa shape index (κ1) is 19.5. The second kappa shape index (κ2) is 10.2. The Morgan fingerprint density at radius 3 is 2.93 bits per heavy atom. The van der Waals surface area contributed by atoms with Crippen LogP contribution in [0.3, 0.4) is 0 Å². The van der Waals surface area contributed by atoms with Crippen LogP contribution in [0.1, 0.15) is 12.8 Å². The van der Waals surface area contributed by atoms with E-state index in [1.165, 1.54) is 11.0 Å². The van der Waals surface area contributed by atoms with Crippen LogP contribution in [-0.4, -0.2) is 49.4 Å². The summed E-state index contributed by atoms with van der Waals surface area (Å²) in [5, 5.41) is 6.80. The van der Waals surface area contributed by atoms with Gasteiger partial charge in [0.25, 0.3) is 0 Å². The van der Waals surface area contributed by atoms with E-state index in [0.29, 0.717) is 5.82 Å². The summed E-state index contributed by atoms with van der Waals surface area (Å²) in [5.41, 5.74) is 0. The Bertz CT molecular complexity index is 740. The number of hydrogen-bond acceptors (Lipinski definition) is 4. The average molecular weight is 388 g/mol. The van der Waals surface area contributed by atoms with Crippen LogP contribution in [0.25, 0.3) is 0 Å². The largest absolute Gasteiger partial charge is 0.356 e. The molecular formula is C20H26FN5S. The minimum absolute atomic E-state index is 0.233. The normalized spacial score (nSPS) is 17.2. The number of aromatic nitrogens is 1. The molecule has 1 saturated heterocycles. The van der Waals surface area contributed by atoms with Gasteiger partial charge in [0.15, 0.2) is 17.6 Å². The molecule has 144 valence electrons. The minimum Gasteiger partial charge on any atom is -0.356 e. The second-order valence-corrected chi connectivity index (χ2v) is 7.57. The smallest absolute Gasteiger partial charge is 0.191 e. The van der Waals surface area contributed by atoms with Crippen molar-refractivity contribution in [3.63, 3.8) is 0 Å². The summed E-state index contributed by atoms with van der Waals surface area (Å²) in [6, 6.07) is 13.7. The van der Waals surface area contributed by atoms with E-state index in [0.717, 1.165) is 44.2 Å². The molecule has 0 radical (unpaired) electrons. The molecule has 1 aliphatic heterocycles. The molecule has 5 nitrogen and oxygen atoms in total. The van der Waals surface area contributed by atoms with E-state index in [2.05, 4.69) is 44.9 Å². The Morgan fingerprint density at radius 2 is 2.15 bits per heavy atom. The Kier molecular flexibility index (Phi) is 7.33. The predicted molar refractivity (Wildman–Crippen MR) is 111 cm³/mol. The molecule has 27 heavy (non-hydrogen) atoms. The van der Waals surface area contributed by atoms with E-state index < -0.39 is 0 Å². The van der Waals surface area contributed by atoms with Crippen molar-refractivity contribution in [1.29, 1.82) is 0 Å². The third-order valence-electron chi connectivity index (χ3n) is 4.42. The van der Waals surface area contributed by atoms with Gasteiger partial charge < -0.3 is 15.5 Å². The Balaban J connectivity index is 1.37. The molecule has 1 aromatic carbocycles. The van der Waals surface area contributed by atoms with Gasteiger partial charge in [0.05, 0.1) is 0 Å². The van der Waals surface area contributed by atoms with Gasteiger partial charge in [-0.15, -0.1) is 11.8 Å². The summed E-state index contributed by atoms with van der Waals surface area (Å²) in [7, 11) is 1.78. The number of benzene rings is 1. The highest BCUT2D eigenvalue weighted by atomic mass is 32.2. The molecule has 0 aliphatic carbocycles. The number of hydrogen-bond donors (Lipinski definition) is 2. The van der Waals surface area contributed by atoms with Crippen LogP contribution in [0.4, 0.5) is 10.2 Å². The van der Waals surface area contributed by atoms with E-state index in [9.17, 15) is 4.39 Å². The lowest BCUT2D eigenvalue weighted by atomic mass is 10.3. The topological polar surface area (TPSA) is 52.6 Å². The van der Waals surface area contributed by atoms with Crippen molar-refractivity contribution in [1.82, 2.24) is 15.6 Å². The van der Waals surface area contributed by atoms with Crippen molar-refractivity contribution in [2.24, 2.45) is 4.99 Å². The van der Waals surface area contributed by atoms with Gasteiger partial charge in [-0.25, -0.2) is 9.37 Å². The summed E-state index contributed by atoms with van der Waals surface area (Å²) in [6.45, 7) is 2.37. The molecule has 2 aromatic rings. The zero-order valence-electron chi connectivity index (χ0n) is 15.6. The summed E-state index contributed by atoms with van der Waals surface area (Å²) >= 11 is 1.86. The molecular weight excluding hydrogens is 361 g/mol. The lowest BCUT2D eigenvalue weighted by Gasteiger charge is -2.20. The number of nitrogens with zero attached hydrogens (tertiary/aromatic N) is 3. The number of halogens is 1. The number of thioether (sulfide) groups is 1. The number of aliphatic imine (C=N–C) groups is 1. The molecule has 2 heterocycles. The van der Waals surface area contributed by atoms with Gasteiger partial charge in [-0.3, -0.25) is 4.99 Å². The molecule has 2 N–H and O–H groups in total. The molecule has 1 aliphatic rings. The van der Waals surface area contributed by atoms with Crippen molar-refractivity contribution < 1.29 is 4.39 Å². The highest BCUT2D eigenvalue weighted by Gasteiger charge is 2.25. The zero-order chi connectivity index (χ0) is 18.9. The fourth-order valence-corrected chi connectivity index (χ4v) is 3.93. The zero-order valence-corrected chi connectivity index (χ0v) is 16.4. The van der Waals surface area contributed by atoms with E-state index >= 15 is 0 Å². The fourth-order valence-electron chi connectivity index (χ4n) is 3.05. The van der Waals surface area contributed by atoms with Crippen LogP contribution < -0.4 is 15.5 Å². The second-order valence-electron chi connectivity index (χ2n) is 6.40. The Morgan fingerprint density at radius 1 is 1.30 bits per heavy atom. The molecule has 3 rings (SSSR count). The number of guanidine groups is 1. The molecule has 1 atom stereocenters. The van der Waals surface area contributed by atoms with Crippen LogP contribution in [0.2, 0.25) is 0 Å². The van der Waals surface area contributed by atoms with Crippen LogP contribution in [0, 0.1) is 5.82 Å². The van der Waals surface area contributed by atoms with Gasteiger partial charge in [-0.05, 0) is 42.9 Å². The van der Waals surface area contributed by atoms with Crippen LogP contribution >= 0.6 is 11.8 Å². The predicted octanol–water partition coefficient (Wildman–Crippen LogP) is 3.15. The molecule has 0 spiro atoms. The molecule has 0 bridgehead atoms. The van der Waals surface area contributed by atoms with Crippen LogP contribution in [0.15, 0.2) is 58.5 Å². The number of anilines is 1. The monoisotopic (exact) mass is 387 g/mol. The molecule has 0 amide bonds. The lowest BCUT2D eigenvalue weighted by molar-refractivity contribution is 0.612. The Hall–Kier alpha value is -2.28. The average Bonchev–Trinajstić information content (AvgIpc) is 3.16. The van der Waals surface area contributed by atoms with Gasteiger partial charge in [0, 0.05) is 43.8 Å². The van der Waals surface area contributed by atoms with Crippen molar-refractivity contribution in [3.05, 3.63) is 54.5 Å². The van der Waals surface area contributed by atoms with E-state index in [4.69, 9.17) is 0 Å². The van der Waals surface area contributed by atoms with Gasteiger partial charge in [-0.2, -0.15) is 0 Å². The first-order chi connectivity index (χ1) is 13.3. The fraction of sp³-hybridized carbons (Fsp3) is 0.400. The lowest BCUT2D eigenvalue weighted by Crippen LogP contribution is -2.45. The number of nitrogens with one attached hydrogen (secondary N) is 2. The number of rotatable bonds is 7. The maximum Gasteiger partial charge on any atom is 0.191 e. The maximum absolute atomic E-state index is 13.9. The Labute approximate surface area is 164 Å². The van der Waals surface area contributed by atoms with Gasteiger partial charge in [-0.1, -0.05) is 18.2 Å². The summed E-state index contributed by atoms with van der Waals surface area (Å²) in [5.74, 6) is 2.02. The van der Waals surface area contributed by atoms with Crippen molar-refractivity contribution in [2.75, 3.05) is 37.3 Å². The third-order valence-corrected chi connectivity index (χ3v) is 5.52. The standard InChI is InChI=1S/C20H26FN5S/c1-22-20(24-12-6-14-27-17-7-3-2-4-8-17)25-16-10-13-26(15-16)19-18(21)9-5-11-23-19/h2-5,7-9,11,16H,6,10,12-15H2,1H3,(H2,22,24,25). The van der Waals surface area contributed by atoms with Crippen LogP contribution in [0.5, 0.6) is 0 Å². The summed E-state index contributed by atoms with van der Waals surface area (Å²) < 4.78 is 13.9. The summed E-state index contributed by atoms with van der Waals surface area (Å²) in [6.07, 6.45) is 3.61. The maximum atomic E-state index is 13.9. The quantitative estimate of drug-likeness (QED) is 0.331. The highest BCUT2D eigenvalue weighted by Crippen LogP contribution is 2.20. The van der Waals surface area contributed by atoms with Gasteiger partial charge in [0.1, 0.15) is 0 Å². The third kappa shape index (κ3) is 5.85. The summed E-state index contributed by atoms with van der Waals surface area (Å²) in [4.78, 5) is 11.7. The van der Waals surface area contributed by atoms with Gasteiger partial charge in [0.2, 0.25) is 0 Å². The molecule has 7 heteroatoms. The van der Waals surface area contributed by atoms with Gasteiger partial charge >= 0.3 is 0 Å². The molecule has 0 saturated carbocycles. The van der Waals surface area contributed by atoms with E-state index in [1.54, 1.807) is 19.3 Å². The number of pyridine rings is 1. The van der Waals surface area contributed by atoms with E-state index in [1.807, 2.05) is 22.7 Å². The first-order valence-electron chi connectivity index (χ1n) is 9.27. The first-order valence-corrected chi connectivity index (χ1v) is 10.3. The van der Waals surface area contributed by atoms with Crippen LogP contribution in [-0.2, 0) is 0 Å². The highest BCUT2D eigenvalue weighted by molar-refractivity contribution is 7.99. The van der Waals surface area contributed by atoms with Crippen molar-refractivity contribution in [3.8, 4) is 0 Å². The van der Waals surface area contributed by atoms with E-state index in [-0.39, 0.29) is 11.9 Å². The van der Waals surface area contributed by atoms with Crippen molar-refractivity contribution >= 4 is 23.5 Å². The molecule has 1 fully saturated rings. The van der Waals surface area contributed by atoms with Crippen molar-refractivity contribution in [2.45, 2.75) is 23.8 Å². The molecule has 1 unspecified atom stereocenters.